The van der Waals surface area contributed by atoms with Crippen LogP contribution in [0.1, 0.15) is 194 Å². The van der Waals surface area contributed by atoms with Gasteiger partial charge in [0, 0.05) is 6.42 Å². The Hall–Kier alpha value is -3.03. The molecular formula is C66H113NO18. The first-order valence-electron chi connectivity index (χ1n) is 32.3. The molecule has 3 fully saturated rings. The lowest BCUT2D eigenvalue weighted by atomic mass is 9.96. The molecule has 0 aromatic carbocycles. The molecule has 3 rings (SSSR count). The van der Waals surface area contributed by atoms with Gasteiger partial charge in [0.05, 0.1) is 38.6 Å². The van der Waals surface area contributed by atoms with Crippen molar-refractivity contribution in [1.82, 2.24) is 5.32 Å². The number of ether oxygens (including phenoxy) is 6. The summed E-state index contributed by atoms with van der Waals surface area (Å²) in [5.41, 5.74) is 0. The number of nitrogens with one attached hydrogen (secondary N) is 1. The summed E-state index contributed by atoms with van der Waals surface area (Å²) in [7, 11) is 0. The van der Waals surface area contributed by atoms with Crippen molar-refractivity contribution in [3.05, 3.63) is 85.1 Å². The van der Waals surface area contributed by atoms with Crippen LogP contribution in [-0.2, 0) is 33.2 Å². The molecule has 12 N–H and O–H groups in total. The second-order valence-corrected chi connectivity index (χ2v) is 22.8. The summed E-state index contributed by atoms with van der Waals surface area (Å²) >= 11 is 0. The fraction of sp³-hybridized carbons (Fsp3) is 0.773. The summed E-state index contributed by atoms with van der Waals surface area (Å²) in [5.74, 6) is -0.298. The molecule has 0 aromatic rings. The molecule has 0 radical (unpaired) electrons. The molecule has 3 saturated heterocycles. The molecular weight excluding hydrogens is 1090 g/mol. The minimum Gasteiger partial charge on any atom is -0.394 e. The van der Waals surface area contributed by atoms with Crippen LogP contribution in [0, 0.1) is 0 Å². The molecule has 17 unspecified atom stereocenters. The first kappa shape index (κ1) is 76.2. The van der Waals surface area contributed by atoms with Gasteiger partial charge in [-0.05, 0) is 83.5 Å². The Morgan fingerprint density at radius 2 is 0.824 bits per heavy atom. The number of allylic oxidation sites excluding steroid dienone is 13. The van der Waals surface area contributed by atoms with Gasteiger partial charge in [0.15, 0.2) is 18.9 Å². The Morgan fingerprint density at radius 1 is 0.435 bits per heavy atom. The summed E-state index contributed by atoms with van der Waals surface area (Å²) in [6.07, 6.45) is 32.7. The monoisotopic (exact) mass is 1210 g/mol. The molecule has 490 valence electrons. The van der Waals surface area contributed by atoms with Crippen molar-refractivity contribution < 1.29 is 89.4 Å². The second-order valence-electron chi connectivity index (χ2n) is 22.8. The van der Waals surface area contributed by atoms with Gasteiger partial charge >= 0.3 is 0 Å². The standard InChI is InChI=1S/C66H113NO18/c1-3-5-7-9-11-13-15-17-19-21-22-23-24-25-26-28-30-32-34-36-38-40-42-44-54(72)67-49(50(71)43-41-39-37-35-33-31-29-27-20-18-16-14-12-10-8-6-4-2)48-80-64-60(78)57(75)62(52(46-69)82-64)85-66-61(79)58(76)63(53(47-70)83-66)84-65-59(77)56(74)55(73)51(45-68)81-65/h5,7,11,13,17,19-20,22-23,27,33,35,41,43,49-53,55-66,68-71,73-79H,3-4,6,8-10,12,14-16,18,21,24-26,28-32,34,36-40,42,44-48H2,1-2H3,(H,67,72)/b7-5-,13-11-,19-17-,23-22-,27-20+,35-33+,43-41+. The van der Waals surface area contributed by atoms with Crippen molar-refractivity contribution in [3.63, 3.8) is 0 Å². The zero-order valence-corrected chi connectivity index (χ0v) is 51.3. The first-order valence-corrected chi connectivity index (χ1v) is 32.3. The summed E-state index contributed by atoms with van der Waals surface area (Å²) in [6, 6.07) is -1.00. The van der Waals surface area contributed by atoms with E-state index >= 15 is 0 Å². The van der Waals surface area contributed by atoms with Crippen LogP contribution in [0.25, 0.3) is 0 Å². The van der Waals surface area contributed by atoms with Crippen LogP contribution in [0.3, 0.4) is 0 Å². The average Bonchev–Trinajstić information content (AvgIpc) is 3.64. The molecule has 19 nitrogen and oxygen atoms in total. The van der Waals surface area contributed by atoms with Gasteiger partial charge in [0.2, 0.25) is 5.91 Å². The lowest BCUT2D eigenvalue weighted by Gasteiger charge is -2.48. The molecule has 3 aliphatic heterocycles. The van der Waals surface area contributed by atoms with Gasteiger partial charge in [-0.25, -0.2) is 0 Å². The summed E-state index contributed by atoms with van der Waals surface area (Å²) < 4.78 is 34.3. The van der Waals surface area contributed by atoms with E-state index in [9.17, 15) is 61.0 Å². The van der Waals surface area contributed by atoms with E-state index in [0.29, 0.717) is 12.8 Å². The Morgan fingerprint density at radius 3 is 1.32 bits per heavy atom. The van der Waals surface area contributed by atoms with Gasteiger partial charge in [-0.1, -0.05) is 189 Å². The van der Waals surface area contributed by atoms with Crippen LogP contribution in [0.4, 0.5) is 0 Å². The van der Waals surface area contributed by atoms with Gasteiger partial charge in [0.1, 0.15) is 73.2 Å². The first-order chi connectivity index (χ1) is 41.3. The van der Waals surface area contributed by atoms with Crippen LogP contribution < -0.4 is 5.32 Å². The lowest BCUT2D eigenvalue weighted by molar-refractivity contribution is -0.379. The Balaban J connectivity index is 1.48. The Kier molecular flexibility index (Phi) is 43.0. The highest BCUT2D eigenvalue weighted by Crippen LogP contribution is 2.33. The molecule has 3 heterocycles. The highest BCUT2D eigenvalue weighted by Gasteiger charge is 2.53. The summed E-state index contributed by atoms with van der Waals surface area (Å²) in [4.78, 5) is 13.4. The quantitative estimate of drug-likeness (QED) is 0.0213. The highest BCUT2D eigenvalue weighted by molar-refractivity contribution is 5.76. The third-order valence-corrected chi connectivity index (χ3v) is 15.7. The number of rotatable bonds is 47. The van der Waals surface area contributed by atoms with E-state index in [2.05, 4.69) is 92.1 Å². The number of hydrogen-bond acceptors (Lipinski definition) is 18. The van der Waals surface area contributed by atoms with Crippen LogP contribution in [0.2, 0.25) is 0 Å². The van der Waals surface area contributed by atoms with E-state index in [1.807, 2.05) is 6.08 Å². The van der Waals surface area contributed by atoms with Gasteiger partial charge < -0.3 is 89.9 Å². The number of unbranched alkanes of at least 4 members (excludes halogenated alkanes) is 19. The molecule has 0 spiro atoms. The third kappa shape index (κ3) is 30.8. The molecule has 0 aromatic heterocycles. The molecule has 17 atom stereocenters. The van der Waals surface area contributed by atoms with Crippen LogP contribution in [0.5, 0.6) is 0 Å². The topological polar surface area (TPSA) is 307 Å². The molecule has 85 heavy (non-hydrogen) atoms. The number of amides is 1. The van der Waals surface area contributed by atoms with E-state index in [-0.39, 0.29) is 18.9 Å². The lowest BCUT2D eigenvalue weighted by Crippen LogP contribution is -2.66. The predicted octanol–water partition coefficient (Wildman–Crippen LogP) is 7.15. The van der Waals surface area contributed by atoms with E-state index in [4.69, 9.17) is 28.4 Å². The maximum atomic E-state index is 13.4. The summed E-state index contributed by atoms with van der Waals surface area (Å²) in [6.45, 7) is 1.56. The van der Waals surface area contributed by atoms with E-state index < -0.39 is 124 Å². The largest absolute Gasteiger partial charge is 0.394 e. The molecule has 19 heteroatoms. The van der Waals surface area contributed by atoms with Crippen molar-refractivity contribution >= 4 is 5.91 Å². The van der Waals surface area contributed by atoms with Crippen molar-refractivity contribution in [3.8, 4) is 0 Å². The smallest absolute Gasteiger partial charge is 0.220 e. The Labute approximate surface area is 508 Å². The average molecular weight is 1210 g/mol. The predicted molar refractivity (Wildman–Crippen MR) is 328 cm³/mol. The van der Waals surface area contributed by atoms with Crippen molar-refractivity contribution in [2.24, 2.45) is 0 Å². The maximum absolute atomic E-state index is 13.4. The number of aliphatic hydroxyl groups is 11. The molecule has 0 saturated carbocycles. The molecule has 0 bridgehead atoms. The SMILES string of the molecule is CC/C=C\C/C=C\C/C=C\C/C=C\CCCCCCCCCCCCC(=O)NC(COC1OC(CO)C(OC2OC(CO)C(OC3OC(CO)C(O)C(O)C3O)C(O)C2O)C(O)C1O)C(O)/C=C/CC/C=C/CC/C=C/CCCCCCCCC. The zero-order valence-electron chi connectivity index (χ0n) is 51.3. The molecule has 0 aliphatic carbocycles. The number of carbonyl (C=O) groups excluding carboxylic acids is 1. The van der Waals surface area contributed by atoms with Gasteiger partial charge in [-0.2, -0.15) is 0 Å². The number of carbonyl (C=O) groups is 1. The van der Waals surface area contributed by atoms with E-state index in [0.717, 1.165) is 83.5 Å². The van der Waals surface area contributed by atoms with Crippen molar-refractivity contribution in [2.75, 3.05) is 26.4 Å². The minimum atomic E-state index is -1.99. The third-order valence-electron chi connectivity index (χ3n) is 15.7. The number of aliphatic hydroxyl groups excluding tert-OH is 11. The Bertz CT molecular complexity index is 1880. The normalized spacial score (nSPS) is 29.5. The van der Waals surface area contributed by atoms with Crippen LogP contribution in [0.15, 0.2) is 85.1 Å². The zero-order chi connectivity index (χ0) is 61.9. The number of hydrogen-bond donors (Lipinski definition) is 12. The second kappa shape index (κ2) is 47.9. The van der Waals surface area contributed by atoms with E-state index in [1.54, 1.807) is 6.08 Å². The van der Waals surface area contributed by atoms with Gasteiger partial charge in [-0.15, -0.1) is 0 Å². The highest BCUT2D eigenvalue weighted by atomic mass is 16.8. The van der Waals surface area contributed by atoms with Crippen molar-refractivity contribution in [1.29, 1.82) is 0 Å². The summed E-state index contributed by atoms with van der Waals surface area (Å²) in [5, 5.41) is 120. The van der Waals surface area contributed by atoms with E-state index in [1.165, 1.54) is 77.0 Å². The molecule has 1 amide bonds. The minimum absolute atomic E-state index is 0.222. The van der Waals surface area contributed by atoms with Gasteiger partial charge in [-0.3, -0.25) is 4.79 Å². The van der Waals surface area contributed by atoms with Crippen LogP contribution in [-0.4, -0.2) is 193 Å². The van der Waals surface area contributed by atoms with Crippen LogP contribution >= 0.6 is 0 Å². The van der Waals surface area contributed by atoms with Gasteiger partial charge in [0.25, 0.3) is 0 Å². The van der Waals surface area contributed by atoms with Crippen molar-refractivity contribution in [2.45, 2.75) is 298 Å². The maximum Gasteiger partial charge on any atom is 0.220 e. The fourth-order valence-electron chi connectivity index (χ4n) is 10.4. The molecule has 3 aliphatic rings. The fourth-order valence-corrected chi connectivity index (χ4v) is 10.4.